The number of nitrogens with one attached hydrogen (secondary N) is 4. The van der Waals surface area contributed by atoms with Crippen molar-refractivity contribution >= 4 is 23.2 Å². The van der Waals surface area contributed by atoms with Crippen molar-refractivity contribution in [1.82, 2.24) is 61.8 Å². The summed E-state index contributed by atoms with van der Waals surface area (Å²) in [7, 11) is 3.02. The molecule has 0 bridgehead atoms. The van der Waals surface area contributed by atoms with Crippen LogP contribution >= 0.6 is 23.2 Å². The van der Waals surface area contributed by atoms with Gasteiger partial charge in [-0.15, -0.1) is 20.4 Å². The zero-order valence-electron chi connectivity index (χ0n) is 30.9. The number of methoxy groups -OCH3 is 2. The number of pyridine rings is 2. The summed E-state index contributed by atoms with van der Waals surface area (Å²) in [5, 5.41) is 54.0. The zero-order valence-corrected chi connectivity index (χ0v) is 32.4. The highest BCUT2D eigenvalue weighted by molar-refractivity contribution is 6.32. The fraction of sp³-hybridized carbons (Fsp3) is 0.400. The number of ether oxygens (including phenoxy) is 4. The van der Waals surface area contributed by atoms with Crippen LogP contribution in [-0.4, -0.2) is 88.9 Å². The van der Waals surface area contributed by atoms with Crippen LogP contribution in [0.1, 0.15) is 86.8 Å². The lowest BCUT2D eigenvalue weighted by atomic mass is 9.92. The molecule has 4 aromatic heterocycles. The van der Waals surface area contributed by atoms with Crippen LogP contribution in [0.5, 0.6) is 23.5 Å². The van der Waals surface area contributed by atoms with E-state index in [1.165, 1.54) is 14.2 Å². The molecule has 0 spiro atoms. The minimum absolute atomic E-state index is 0. The first-order valence-electron chi connectivity index (χ1n) is 17.3. The minimum Gasteiger partial charge on any atom is -0.481 e. The molecule has 6 N–H and O–H groups in total. The van der Waals surface area contributed by atoms with Crippen molar-refractivity contribution < 1.29 is 29.2 Å². The molecule has 0 saturated carbocycles. The summed E-state index contributed by atoms with van der Waals surface area (Å²) < 4.78 is 23.3. The maximum Gasteiger partial charge on any atom is 0.236 e. The summed E-state index contributed by atoms with van der Waals surface area (Å²) in [5.41, 5.74) is 7.29. The van der Waals surface area contributed by atoms with Crippen molar-refractivity contribution in [2.24, 2.45) is 0 Å². The Balaban J connectivity index is 0.00000310. The highest BCUT2D eigenvalue weighted by atomic mass is 35.5. The highest BCUT2D eigenvalue weighted by Crippen LogP contribution is 2.34. The molecule has 60 heavy (non-hydrogen) atoms. The Hall–Kier alpha value is -5.50. The molecule has 20 heteroatoms. The van der Waals surface area contributed by atoms with E-state index in [4.69, 9.17) is 42.1 Å². The lowest BCUT2D eigenvalue weighted by Gasteiger charge is -2.18. The molecule has 6 aromatic rings. The number of benzene rings is 2. The predicted octanol–water partition coefficient (Wildman–Crippen LogP) is 6.46. The van der Waals surface area contributed by atoms with E-state index in [0.717, 1.165) is 33.4 Å². The van der Waals surface area contributed by atoms with Gasteiger partial charge in [-0.3, -0.25) is 0 Å². The predicted molar refractivity (Wildman–Crippen MR) is 230 cm³/mol. The maximum absolute atomic E-state index is 9.77. The molecule has 2 unspecified atom stereocenters. The quantitative estimate of drug-likeness (QED) is 0.0512. The topological polar surface area (TPSA) is 236 Å². The SMILES string of the molecule is C.C.C.C.COc1nc(OCc2cccc(-c3cccc(COc4nc(OC)c(CNC(CO)c5nn[nH]n5)cc4Cl)c3C)c2C)c(Cl)cc1CNC(CO)c1nn[nH]n1. The highest BCUT2D eigenvalue weighted by Gasteiger charge is 2.21. The van der Waals surface area contributed by atoms with Gasteiger partial charge >= 0.3 is 0 Å². The Morgan fingerprint density at radius 3 is 1.35 bits per heavy atom. The van der Waals surface area contributed by atoms with Gasteiger partial charge in [-0.25, -0.2) is 0 Å². The van der Waals surface area contributed by atoms with E-state index in [0.29, 0.717) is 44.6 Å². The van der Waals surface area contributed by atoms with Crippen molar-refractivity contribution in [3.05, 3.63) is 104 Å². The average molecular weight is 872 g/mol. The molecular weight excluding hydrogens is 815 g/mol. The number of aliphatic hydroxyl groups is 2. The van der Waals surface area contributed by atoms with Gasteiger partial charge in [0.05, 0.1) is 39.5 Å². The summed E-state index contributed by atoms with van der Waals surface area (Å²) in [4.78, 5) is 9.04. The molecule has 0 radical (unpaired) electrons. The van der Waals surface area contributed by atoms with Crippen LogP contribution in [-0.2, 0) is 26.3 Å². The van der Waals surface area contributed by atoms with Gasteiger partial charge in [0.1, 0.15) is 23.3 Å². The standard InChI is InChI=1S/C36H40Cl2N12O6.4CH4/c1-19-21(17-55-35-27(37)11-23(33(41-35)53-3)13-39-29(15-51)31-43-47-48-44-31)7-5-9-25(19)26-10-6-8-22(20(26)2)18-56-36-28(38)12-24(34(42-36)54-4)14-40-30(16-52)32-45-49-50-46-32;;;;/h5-12,29-30,39-40,51-52H,13-18H2,1-4H3,(H,43,44,47,48)(H,45,46,49,50);4*1H4. The van der Waals surface area contributed by atoms with Crippen LogP contribution in [0, 0.1) is 13.8 Å². The van der Waals surface area contributed by atoms with E-state index in [9.17, 15) is 10.2 Å². The number of hydrogen-bond acceptors (Lipinski definition) is 16. The maximum atomic E-state index is 9.77. The number of halogens is 2. The van der Waals surface area contributed by atoms with Crippen LogP contribution in [0.25, 0.3) is 11.1 Å². The normalized spacial score (nSPS) is 11.5. The molecule has 0 saturated heterocycles. The Morgan fingerprint density at radius 1 is 0.617 bits per heavy atom. The van der Waals surface area contributed by atoms with E-state index in [1.807, 2.05) is 38.1 Å². The molecule has 0 aliphatic carbocycles. The molecule has 0 amide bonds. The number of aliphatic hydroxyl groups excluding tert-OH is 2. The monoisotopic (exact) mass is 870 g/mol. The van der Waals surface area contributed by atoms with Gasteiger partial charge in [-0.2, -0.15) is 20.4 Å². The number of tetrazole rings is 2. The van der Waals surface area contributed by atoms with Gasteiger partial charge in [-0.05, 0) is 59.4 Å². The van der Waals surface area contributed by atoms with Gasteiger partial charge in [-0.1, -0.05) is 99.7 Å². The summed E-state index contributed by atoms with van der Waals surface area (Å²) >= 11 is 13.3. The number of aromatic amines is 2. The van der Waals surface area contributed by atoms with Gasteiger partial charge in [0.2, 0.25) is 23.5 Å². The third-order valence-corrected chi connectivity index (χ3v) is 9.60. The van der Waals surface area contributed by atoms with Crippen LogP contribution in [0.3, 0.4) is 0 Å². The summed E-state index contributed by atoms with van der Waals surface area (Å²) in [5.74, 6) is 1.72. The first kappa shape index (κ1) is 50.6. The summed E-state index contributed by atoms with van der Waals surface area (Å²) in [6.07, 6.45) is 0. The van der Waals surface area contributed by atoms with Crippen LogP contribution < -0.4 is 29.6 Å². The smallest absolute Gasteiger partial charge is 0.236 e. The van der Waals surface area contributed by atoms with Crippen molar-refractivity contribution in [2.45, 2.75) is 81.9 Å². The number of aromatic nitrogens is 10. The van der Waals surface area contributed by atoms with Crippen molar-refractivity contribution in [3.8, 4) is 34.6 Å². The van der Waals surface area contributed by atoms with E-state index >= 15 is 0 Å². The van der Waals surface area contributed by atoms with Crippen molar-refractivity contribution in [1.29, 1.82) is 0 Å². The molecule has 2 aromatic carbocycles. The van der Waals surface area contributed by atoms with Crippen molar-refractivity contribution in [2.75, 3.05) is 27.4 Å². The number of H-pyrrole nitrogens is 2. The summed E-state index contributed by atoms with van der Waals surface area (Å²) in [6, 6.07) is 14.4. The Bertz CT molecular complexity index is 2060. The van der Waals surface area contributed by atoms with E-state index < -0.39 is 12.1 Å². The summed E-state index contributed by atoms with van der Waals surface area (Å²) in [6.45, 7) is 4.53. The third-order valence-electron chi connectivity index (χ3n) is 9.05. The molecule has 0 fully saturated rings. The fourth-order valence-corrected chi connectivity index (χ4v) is 6.39. The number of nitrogens with zero attached hydrogens (tertiary/aromatic N) is 8. The van der Waals surface area contributed by atoms with Gasteiger partial charge in [0.15, 0.2) is 11.6 Å². The second-order valence-corrected chi connectivity index (χ2v) is 13.2. The number of rotatable bonds is 19. The first-order chi connectivity index (χ1) is 27.2. The zero-order chi connectivity index (χ0) is 39.6. The van der Waals surface area contributed by atoms with Crippen LogP contribution in [0.4, 0.5) is 0 Å². The van der Waals surface area contributed by atoms with Crippen molar-refractivity contribution in [3.63, 3.8) is 0 Å². The van der Waals surface area contributed by atoms with Crippen LogP contribution in [0.15, 0.2) is 48.5 Å². The molecule has 0 aliphatic rings. The largest absolute Gasteiger partial charge is 0.481 e. The first-order valence-corrected chi connectivity index (χ1v) is 18.0. The molecule has 18 nitrogen and oxygen atoms in total. The molecule has 0 aliphatic heterocycles. The fourth-order valence-electron chi connectivity index (χ4n) is 5.93. The third kappa shape index (κ3) is 11.8. The average Bonchev–Trinajstić information content (AvgIpc) is 3.95. The Kier molecular flexibility index (Phi) is 20.2. The molecular formula is C40H56Cl2N12O6. The van der Waals surface area contributed by atoms with Gasteiger partial charge in [0, 0.05) is 24.2 Å². The second-order valence-electron chi connectivity index (χ2n) is 12.4. The van der Waals surface area contributed by atoms with E-state index in [1.54, 1.807) is 12.1 Å². The van der Waals surface area contributed by atoms with Crippen LogP contribution in [0.2, 0.25) is 10.0 Å². The lowest BCUT2D eigenvalue weighted by Crippen LogP contribution is -2.25. The lowest BCUT2D eigenvalue weighted by molar-refractivity contribution is 0.237. The minimum atomic E-state index is -0.552. The molecule has 326 valence electrons. The van der Waals surface area contributed by atoms with Gasteiger partial charge in [0.25, 0.3) is 0 Å². The Labute approximate surface area is 360 Å². The number of hydrogen-bond donors (Lipinski definition) is 6. The van der Waals surface area contributed by atoms with E-state index in [2.05, 4.69) is 74.0 Å². The Morgan fingerprint density at radius 2 is 1.02 bits per heavy atom. The van der Waals surface area contributed by atoms with Gasteiger partial charge < -0.3 is 39.8 Å². The molecule has 2 atom stereocenters. The van der Waals surface area contributed by atoms with E-state index in [-0.39, 0.29) is 81.0 Å². The molecule has 4 heterocycles. The molecule has 6 rings (SSSR count). The second kappa shape index (κ2) is 23.9.